The number of azo groups is 1. The Kier molecular flexibility index (Phi) is 2.10. The molecule has 0 amide bonds. The van der Waals surface area contributed by atoms with E-state index in [9.17, 15) is 0 Å². The van der Waals surface area contributed by atoms with E-state index in [1.807, 2.05) is 36.4 Å². The highest BCUT2D eigenvalue weighted by atomic mass is 15.2. The molecule has 80 valence electrons. The summed E-state index contributed by atoms with van der Waals surface area (Å²) in [4.78, 5) is 7.26. The minimum Gasteiger partial charge on any atom is -0.497 e. The molecule has 1 aliphatic rings. The van der Waals surface area contributed by atoms with Gasteiger partial charge >= 0.3 is 5.84 Å². The molecule has 1 aliphatic heterocycles. The lowest BCUT2D eigenvalue weighted by molar-refractivity contribution is -0.00546. The monoisotopic (exact) mass is 221 g/mol. The van der Waals surface area contributed by atoms with Crippen molar-refractivity contribution < 1.29 is 4.79 Å². The van der Waals surface area contributed by atoms with Crippen molar-refractivity contribution in [3.8, 4) is 11.1 Å². The number of benzene rings is 1. The smallest absolute Gasteiger partial charge is 0.437 e. The first-order valence-electron chi connectivity index (χ1n) is 5.08. The number of hydrogen-bond acceptors (Lipinski definition) is 2. The van der Waals surface area contributed by atoms with E-state index in [4.69, 9.17) is 5.53 Å². The van der Waals surface area contributed by atoms with Gasteiger partial charge in [0.25, 0.3) is 0 Å². The molecule has 3 rings (SSSR count). The predicted octanol–water partition coefficient (Wildman–Crippen LogP) is 2.82. The summed E-state index contributed by atoms with van der Waals surface area (Å²) in [5.41, 5.74) is 11.4. The van der Waals surface area contributed by atoms with E-state index in [0.29, 0.717) is 11.4 Å². The number of fused-ring (bicyclic) bond motifs is 1. The van der Waals surface area contributed by atoms with E-state index in [2.05, 4.69) is 20.0 Å². The first kappa shape index (κ1) is 9.57. The molecule has 0 saturated carbocycles. The Morgan fingerprint density at radius 1 is 1.00 bits per heavy atom. The van der Waals surface area contributed by atoms with Crippen molar-refractivity contribution >= 4 is 11.7 Å². The molecule has 5 nitrogen and oxygen atoms in total. The van der Waals surface area contributed by atoms with Crippen molar-refractivity contribution in [2.75, 3.05) is 0 Å². The minimum absolute atomic E-state index is 0.199. The summed E-state index contributed by atoms with van der Waals surface area (Å²) in [6, 6.07) is 11.7. The van der Waals surface area contributed by atoms with Gasteiger partial charge in [0.15, 0.2) is 0 Å². The van der Waals surface area contributed by atoms with E-state index in [1.54, 1.807) is 6.20 Å². The molecule has 0 N–H and O–H groups in total. The van der Waals surface area contributed by atoms with Crippen LogP contribution >= 0.6 is 0 Å². The van der Waals surface area contributed by atoms with E-state index in [0.717, 1.165) is 11.1 Å². The molecule has 1 aromatic heterocycles. The Hall–Kier alpha value is -2.65. The third-order valence-corrected chi connectivity index (χ3v) is 2.55. The van der Waals surface area contributed by atoms with Gasteiger partial charge in [0.2, 0.25) is 5.82 Å². The maximum Gasteiger partial charge on any atom is 0.437 e. The fourth-order valence-electron chi connectivity index (χ4n) is 1.71. The Morgan fingerprint density at radius 2 is 1.82 bits per heavy atom. The highest BCUT2D eigenvalue weighted by Gasteiger charge is 2.26. The predicted molar refractivity (Wildman–Crippen MR) is 61.9 cm³/mol. The number of aromatic nitrogens is 1. The van der Waals surface area contributed by atoms with Crippen LogP contribution in [0.15, 0.2) is 52.8 Å². The molecule has 0 fully saturated rings. The van der Waals surface area contributed by atoms with Gasteiger partial charge in [-0.1, -0.05) is 30.3 Å². The third kappa shape index (κ3) is 1.55. The van der Waals surface area contributed by atoms with E-state index in [1.165, 1.54) is 0 Å². The van der Waals surface area contributed by atoms with Gasteiger partial charge in [-0.2, -0.15) is 0 Å². The molecule has 0 unspecified atom stereocenters. The van der Waals surface area contributed by atoms with Gasteiger partial charge < -0.3 is 10.3 Å². The van der Waals surface area contributed by atoms with Gasteiger partial charge in [-0.3, -0.25) is 0 Å². The van der Waals surface area contributed by atoms with Gasteiger partial charge in [0, 0.05) is 11.8 Å². The molecule has 0 atom stereocenters. The van der Waals surface area contributed by atoms with Crippen molar-refractivity contribution in [3.63, 3.8) is 0 Å². The van der Waals surface area contributed by atoms with Crippen LogP contribution in [0.5, 0.6) is 0 Å². The van der Waals surface area contributed by atoms with Crippen LogP contribution in [0.3, 0.4) is 0 Å². The third-order valence-electron chi connectivity index (χ3n) is 2.55. The molecule has 0 radical (unpaired) electrons. The zero-order valence-corrected chi connectivity index (χ0v) is 8.78. The summed E-state index contributed by atoms with van der Waals surface area (Å²) in [5.74, 6) is 0.683. The van der Waals surface area contributed by atoms with Gasteiger partial charge in [-0.05, 0) is 16.7 Å². The molecule has 1 aromatic carbocycles. The second kappa shape index (κ2) is 3.73. The standard InChI is InChI=1S/C12H7N5/c13-15-12-10-6-9(7-14-11(10)16-17-12)8-4-2-1-3-5-8/h1-7H. The number of rotatable bonds is 1. The van der Waals surface area contributed by atoms with Gasteiger partial charge in [0.05, 0.1) is 5.11 Å². The SMILES string of the molecule is [N-]=[N+]=C1N=Nc2ncc(-c3ccccc3)cc21. The number of hydrogen-bond donors (Lipinski definition) is 0. The average molecular weight is 221 g/mol. The quantitative estimate of drug-likeness (QED) is 0.539. The Labute approximate surface area is 97.1 Å². The molecule has 5 heteroatoms. The molecule has 0 bridgehead atoms. The molecule has 17 heavy (non-hydrogen) atoms. The topological polar surface area (TPSA) is 74.0 Å². The van der Waals surface area contributed by atoms with Crippen molar-refractivity contribution in [3.05, 3.63) is 53.7 Å². The zero-order chi connectivity index (χ0) is 11.7. The normalized spacial score (nSPS) is 12.4. The maximum absolute atomic E-state index is 8.78. The van der Waals surface area contributed by atoms with Gasteiger partial charge in [-0.15, -0.1) is 0 Å². The summed E-state index contributed by atoms with van der Waals surface area (Å²) in [7, 11) is 0. The van der Waals surface area contributed by atoms with Crippen LogP contribution in [0.25, 0.3) is 16.7 Å². The van der Waals surface area contributed by atoms with E-state index in [-0.39, 0.29) is 5.84 Å². The first-order valence-corrected chi connectivity index (χ1v) is 5.08. The van der Waals surface area contributed by atoms with Crippen molar-refractivity contribution in [1.29, 1.82) is 0 Å². The van der Waals surface area contributed by atoms with Crippen LogP contribution < -0.4 is 0 Å². The van der Waals surface area contributed by atoms with Crippen molar-refractivity contribution in [2.45, 2.75) is 0 Å². The lowest BCUT2D eigenvalue weighted by atomic mass is 10.1. The fraction of sp³-hybridized carbons (Fsp3) is 0. The summed E-state index contributed by atoms with van der Waals surface area (Å²) >= 11 is 0. The van der Waals surface area contributed by atoms with Crippen molar-refractivity contribution in [2.24, 2.45) is 10.2 Å². The second-order valence-corrected chi connectivity index (χ2v) is 3.58. The van der Waals surface area contributed by atoms with E-state index < -0.39 is 0 Å². The average Bonchev–Trinajstić information content (AvgIpc) is 2.81. The van der Waals surface area contributed by atoms with E-state index >= 15 is 0 Å². The van der Waals surface area contributed by atoms with Gasteiger partial charge in [0.1, 0.15) is 5.56 Å². The number of nitrogens with zero attached hydrogens (tertiary/aromatic N) is 5. The van der Waals surface area contributed by atoms with Crippen LogP contribution in [0.1, 0.15) is 5.56 Å². The molecule has 0 spiro atoms. The number of amidine groups is 1. The molecule has 2 aromatic rings. The maximum atomic E-state index is 8.78. The Bertz CT molecular complexity index is 654. The van der Waals surface area contributed by atoms with Crippen LogP contribution in [-0.2, 0) is 0 Å². The van der Waals surface area contributed by atoms with Crippen LogP contribution in [0.4, 0.5) is 5.82 Å². The largest absolute Gasteiger partial charge is 0.497 e. The lowest BCUT2D eigenvalue weighted by Gasteiger charge is -2.00. The summed E-state index contributed by atoms with van der Waals surface area (Å²) < 4.78 is 0. The van der Waals surface area contributed by atoms with Crippen molar-refractivity contribution in [1.82, 2.24) is 4.98 Å². The van der Waals surface area contributed by atoms with Crippen LogP contribution in [0.2, 0.25) is 0 Å². The molecular weight excluding hydrogens is 214 g/mol. The van der Waals surface area contributed by atoms with Gasteiger partial charge in [-0.25, -0.2) is 4.98 Å². The molecule has 0 saturated heterocycles. The molecule has 2 heterocycles. The summed E-state index contributed by atoms with van der Waals surface area (Å²) in [5, 5.41) is 7.53. The summed E-state index contributed by atoms with van der Waals surface area (Å²) in [6.45, 7) is 0. The first-order chi connectivity index (χ1) is 8.38. The lowest BCUT2D eigenvalue weighted by Crippen LogP contribution is -1.94. The highest BCUT2D eigenvalue weighted by Crippen LogP contribution is 2.28. The molecular formula is C12H7N5. The summed E-state index contributed by atoms with van der Waals surface area (Å²) in [6.07, 6.45) is 1.73. The van der Waals surface area contributed by atoms with Crippen LogP contribution in [0, 0.1) is 0 Å². The zero-order valence-electron chi connectivity index (χ0n) is 8.78. The second-order valence-electron chi connectivity index (χ2n) is 3.58. The van der Waals surface area contributed by atoms with Crippen LogP contribution in [-0.4, -0.2) is 15.6 Å². The Balaban J connectivity index is 2.15. The Morgan fingerprint density at radius 3 is 2.59 bits per heavy atom. The molecule has 0 aliphatic carbocycles. The number of pyridine rings is 1. The minimum atomic E-state index is 0.199. The fourth-order valence-corrected chi connectivity index (χ4v) is 1.71. The highest BCUT2D eigenvalue weighted by molar-refractivity contribution is 6.02.